The average Bonchev–Trinajstić information content (AvgIpc) is 2.58. The van der Waals surface area contributed by atoms with Gasteiger partial charge in [-0.05, 0) is 50.1 Å². The normalized spacial score (nSPS) is 21.6. The molecule has 1 aliphatic rings. The lowest BCUT2D eigenvalue weighted by atomic mass is 9.92. The van der Waals surface area contributed by atoms with Crippen molar-refractivity contribution in [1.82, 2.24) is 0 Å². The monoisotopic (exact) mass is 363 g/mol. The molecule has 2 aromatic rings. The molecule has 2 aromatic carbocycles. The van der Waals surface area contributed by atoms with E-state index in [-0.39, 0.29) is 5.78 Å². The quantitative estimate of drug-likeness (QED) is 0.627. The zero-order valence-electron chi connectivity index (χ0n) is 13.6. The lowest BCUT2D eigenvalue weighted by Crippen LogP contribution is -2.56. The van der Waals surface area contributed by atoms with Crippen molar-refractivity contribution in [3.05, 3.63) is 54.1 Å². The van der Waals surface area contributed by atoms with Crippen LogP contribution >= 0.6 is 23.5 Å². The third kappa shape index (κ3) is 2.82. The molecule has 4 nitrogen and oxygen atoms in total. The number of halogens is 1. The van der Waals surface area contributed by atoms with Crippen molar-refractivity contribution in [3.63, 3.8) is 0 Å². The molecule has 0 saturated carbocycles. The van der Waals surface area contributed by atoms with Crippen molar-refractivity contribution in [1.29, 1.82) is 0 Å². The van der Waals surface area contributed by atoms with Crippen LogP contribution in [0.5, 0.6) is 11.5 Å². The van der Waals surface area contributed by atoms with E-state index in [1.807, 2.05) is 44.2 Å². The van der Waals surface area contributed by atoms with Gasteiger partial charge in [0, 0.05) is 11.8 Å². The number of rotatable bonds is 4. The minimum atomic E-state index is -1.30. The van der Waals surface area contributed by atoms with E-state index in [1.165, 1.54) is 0 Å². The Labute approximate surface area is 150 Å². The fraction of sp³-hybridized carbons (Fsp3) is 0.278. The molecule has 0 bridgehead atoms. The van der Waals surface area contributed by atoms with Gasteiger partial charge in [-0.1, -0.05) is 29.8 Å². The molecule has 0 spiro atoms. The van der Waals surface area contributed by atoms with Crippen LogP contribution in [0.4, 0.5) is 5.69 Å². The zero-order valence-corrected chi connectivity index (χ0v) is 15.2. The molecule has 0 aromatic heterocycles. The van der Waals surface area contributed by atoms with Gasteiger partial charge in [-0.15, -0.1) is 0 Å². The van der Waals surface area contributed by atoms with Gasteiger partial charge in [0.15, 0.2) is 0 Å². The van der Waals surface area contributed by atoms with Crippen molar-refractivity contribution in [2.75, 3.05) is 11.8 Å². The molecule has 1 heterocycles. The van der Waals surface area contributed by atoms with Crippen LogP contribution in [0.3, 0.4) is 0 Å². The number of hydrogen-bond donors (Lipinski definition) is 1. The molecule has 0 fully saturated rings. The molecule has 0 amide bonds. The first-order chi connectivity index (χ1) is 11.4. The topological polar surface area (TPSA) is 47.6 Å². The molecule has 6 heteroatoms. The van der Waals surface area contributed by atoms with Gasteiger partial charge < -0.3 is 14.2 Å². The van der Waals surface area contributed by atoms with E-state index >= 15 is 0 Å². The Morgan fingerprint density at radius 3 is 2.67 bits per heavy atom. The van der Waals surface area contributed by atoms with E-state index in [2.05, 4.69) is 4.72 Å². The highest BCUT2D eigenvalue weighted by atomic mass is 35.5. The van der Waals surface area contributed by atoms with Crippen LogP contribution in [0, 0.1) is 0 Å². The maximum atomic E-state index is 13.0. The van der Waals surface area contributed by atoms with Crippen molar-refractivity contribution in [2.45, 2.75) is 23.7 Å². The number of anilines is 1. The van der Waals surface area contributed by atoms with Crippen LogP contribution in [0.2, 0.25) is 0 Å². The molecule has 0 unspecified atom stereocenters. The summed E-state index contributed by atoms with van der Waals surface area (Å²) >= 11 is 7.90. The van der Waals surface area contributed by atoms with Crippen molar-refractivity contribution >= 4 is 35.0 Å². The van der Waals surface area contributed by atoms with Gasteiger partial charge in [-0.3, -0.25) is 4.79 Å². The molecule has 0 radical (unpaired) electrons. The number of benzene rings is 2. The predicted molar refractivity (Wildman–Crippen MR) is 98.3 cm³/mol. The molecular weight excluding hydrogens is 346 g/mol. The number of fused-ring (bicyclic) bond motifs is 1. The van der Waals surface area contributed by atoms with Gasteiger partial charge in [0.05, 0.1) is 12.7 Å². The number of ether oxygens (including phenoxy) is 2. The summed E-state index contributed by atoms with van der Waals surface area (Å²) in [4.78, 5) is 13.0. The number of methoxy groups -OCH3 is 1. The second-order valence-corrected chi connectivity index (χ2v) is 7.78. The highest BCUT2D eigenvalue weighted by molar-refractivity contribution is 8.04. The summed E-state index contributed by atoms with van der Waals surface area (Å²) in [5, 5.41) is 0. The molecule has 24 heavy (non-hydrogen) atoms. The molecule has 3 rings (SSSR count). The van der Waals surface area contributed by atoms with Crippen molar-refractivity contribution < 1.29 is 14.3 Å². The Morgan fingerprint density at radius 2 is 1.92 bits per heavy atom. The largest absolute Gasteiger partial charge is 0.497 e. The number of alkyl halides is 1. The zero-order chi connectivity index (χ0) is 17.4. The van der Waals surface area contributed by atoms with E-state index in [0.717, 1.165) is 23.4 Å². The second-order valence-electron chi connectivity index (χ2n) is 5.97. The van der Waals surface area contributed by atoms with Gasteiger partial charge in [-0.2, -0.15) is 0 Å². The molecular formula is C18H18ClNO3S. The summed E-state index contributed by atoms with van der Waals surface area (Å²) in [6.07, 6.45) is 0. The highest BCUT2D eigenvalue weighted by Gasteiger charge is 2.57. The number of Topliss-reactive ketones (excluding diaryl/α,β-unsaturated/α-hetero) is 1. The predicted octanol–water partition coefficient (Wildman–Crippen LogP) is 4.74. The minimum Gasteiger partial charge on any atom is -0.497 e. The summed E-state index contributed by atoms with van der Waals surface area (Å²) in [6, 6.07) is 14.6. The molecule has 0 aliphatic carbocycles. The summed E-state index contributed by atoms with van der Waals surface area (Å²) in [7, 11) is 1.61. The first kappa shape index (κ1) is 17.0. The van der Waals surface area contributed by atoms with Gasteiger partial charge in [0.25, 0.3) is 0 Å². The second kappa shape index (κ2) is 6.22. The number of nitrogens with one attached hydrogen (secondary N) is 1. The Balaban J connectivity index is 1.89. The van der Waals surface area contributed by atoms with Crippen molar-refractivity contribution in [3.8, 4) is 11.5 Å². The molecule has 1 aliphatic heterocycles. The average molecular weight is 364 g/mol. The van der Waals surface area contributed by atoms with E-state index in [9.17, 15) is 4.79 Å². The fourth-order valence-corrected chi connectivity index (χ4v) is 3.65. The van der Waals surface area contributed by atoms with E-state index < -0.39 is 9.81 Å². The van der Waals surface area contributed by atoms with Gasteiger partial charge in [0.1, 0.15) is 17.1 Å². The number of hydrogen-bond acceptors (Lipinski definition) is 5. The SMILES string of the molecule is COc1cccc(NS[C@]2(Cl)C(=O)c3ccccc3OC2(C)C)c1. The fourth-order valence-electron chi connectivity index (χ4n) is 2.52. The summed E-state index contributed by atoms with van der Waals surface area (Å²) in [6.45, 7) is 3.63. The van der Waals surface area contributed by atoms with Crippen LogP contribution in [-0.2, 0) is 0 Å². The van der Waals surface area contributed by atoms with E-state index in [4.69, 9.17) is 21.1 Å². The third-order valence-electron chi connectivity index (χ3n) is 3.94. The van der Waals surface area contributed by atoms with Crippen LogP contribution in [0.15, 0.2) is 48.5 Å². The smallest absolute Gasteiger partial charge is 0.210 e. The van der Waals surface area contributed by atoms with Crippen molar-refractivity contribution in [2.24, 2.45) is 0 Å². The van der Waals surface area contributed by atoms with Gasteiger partial charge in [-0.25, -0.2) is 0 Å². The summed E-state index contributed by atoms with van der Waals surface area (Å²) < 4.78 is 13.1. The van der Waals surface area contributed by atoms with Gasteiger partial charge in [0.2, 0.25) is 9.99 Å². The molecule has 0 saturated heterocycles. The molecule has 1 atom stereocenters. The van der Waals surface area contributed by atoms with Crippen LogP contribution < -0.4 is 14.2 Å². The Kier molecular flexibility index (Phi) is 4.40. The summed E-state index contributed by atoms with van der Waals surface area (Å²) in [5.74, 6) is 1.11. The highest BCUT2D eigenvalue weighted by Crippen LogP contribution is 2.49. The number of carbonyl (C=O) groups is 1. The maximum absolute atomic E-state index is 13.0. The van der Waals surface area contributed by atoms with E-state index in [0.29, 0.717) is 11.3 Å². The number of carbonyl (C=O) groups excluding carboxylic acids is 1. The van der Waals surface area contributed by atoms with Crippen LogP contribution in [0.25, 0.3) is 0 Å². The van der Waals surface area contributed by atoms with Crippen LogP contribution in [-0.4, -0.2) is 22.7 Å². The van der Waals surface area contributed by atoms with E-state index in [1.54, 1.807) is 25.3 Å². The third-order valence-corrected chi connectivity index (χ3v) is 6.10. The Morgan fingerprint density at radius 1 is 1.17 bits per heavy atom. The number of ketones is 1. The first-order valence-electron chi connectivity index (χ1n) is 7.47. The lowest BCUT2D eigenvalue weighted by molar-refractivity contribution is 0.0579. The first-order valence-corrected chi connectivity index (χ1v) is 8.67. The van der Waals surface area contributed by atoms with Gasteiger partial charge >= 0.3 is 0 Å². The summed E-state index contributed by atoms with van der Waals surface area (Å²) in [5.41, 5.74) is 0.393. The Bertz CT molecular complexity index is 780. The standard InChI is InChI=1S/C18H18ClNO3S/c1-17(2)18(19,16(21)14-9-4-5-10-15(14)23-17)24-20-12-7-6-8-13(11-12)22-3/h4-11,20H,1-3H3/t18-/m1/s1. The lowest BCUT2D eigenvalue weighted by Gasteiger charge is -2.43. The molecule has 126 valence electrons. The maximum Gasteiger partial charge on any atom is 0.210 e. The van der Waals surface area contributed by atoms with Crippen LogP contribution in [0.1, 0.15) is 24.2 Å². The Hall–Kier alpha value is -1.85. The minimum absolute atomic E-state index is 0.170. The number of para-hydroxylation sites is 1. The molecule has 1 N–H and O–H groups in total.